The minimum Gasteiger partial charge on any atom is -0.494 e. The molecule has 13 heteroatoms. The number of alkyl halides is 6. The summed E-state index contributed by atoms with van der Waals surface area (Å²) in [5.41, 5.74) is -1.16. The van der Waals surface area contributed by atoms with E-state index in [1.54, 1.807) is 0 Å². The number of Topliss-reactive ketones (excluding diaryl/α,β-unsaturated/α-hetero) is 3. The van der Waals surface area contributed by atoms with Gasteiger partial charge in [0.05, 0.1) is 35.4 Å². The molecule has 0 aliphatic rings. The first-order chi connectivity index (χ1) is 18.7. The van der Waals surface area contributed by atoms with Crippen LogP contribution in [-0.4, -0.2) is 49.3 Å². The number of hydrogen-bond donors (Lipinski definition) is 0. The van der Waals surface area contributed by atoms with E-state index in [1.165, 1.54) is 18.2 Å². The van der Waals surface area contributed by atoms with Gasteiger partial charge >= 0.3 is 17.8 Å². The van der Waals surface area contributed by atoms with E-state index in [0.717, 1.165) is 26.4 Å². The van der Waals surface area contributed by atoms with Crippen LogP contribution in [0.3, 0.4) is 0 Å². The Morgan fingerprint density at radius 1 is 0.732 bits per heavy atom. The summed E-state index contributed by atoms with van der Waals surface area (Å²) in [7, 11) is 2.21. The van der Waals surface area contributed by atoms with E-state index >= 15 is 0 Å². The van der Waals surface area contributed by atoms with Gasteiger partial charge in [0.15, 0.2) is 0 Å². The lowest BCUT2D eigenvalue weighted by Crippen LogP contribution is -2.25. The molecule has 2 rings (SSSR count). The summed E-state index contributed by atoms with van der Waals surface area (Å²) in [6.45, 7) is 1.21. The van der Waals surface area contributed by atoms with Crippen LogP contribution in [0, 0.1) is 0 Å². The number of carbonyl (C=O) groups excluding carboxylic acids is 3. The van der Waals surface area contributed by atoms with Crippen molar-refractivity contribution in [2.45, 2.75) is 57.8 Å². The minimum atomic E-state index is -3.83. The Hall–Kier alpha value is -3.05. The first-order valence-corrected chi connectivity index (χ1v) is 12.7. The lowest BCUT2D eigenvalue weighted by molar-refractivity contribution is -0.140. The summed E-state index contributed by atoms with van der Waals surface area (Å²) in [6.07, 6.45) is 0.730. The molecular formula is C28H26Cl2F6O5. The van der Waals surface area contributed by atoms with Gasteiger partial charge < -0.3 is 9.47 Å². The van der Waals surface area contributed by atoms with Gasteiger partial charge in [-0.2, -0.15) is 26.3 Å². The number of benzene rings is 2. The highest BCUT2D eigenvalue weighted by atomic mass is 35.5. The van der Waals surface area contributed by atoms with E-state index in [4.69, 9.17) is 32.7 Å². The SMILES string of the molecule is COc1c(Cl)cc(C(=CCCCC(=O)C(C)(F)F)c2cc(Cl)c(OC)c(C(=O)C(C)(F)F)c2)cc1C(=O)C(C)(F)F. The number of unbranched alkanes of at least 4 members (excludes halogenated alkanes) is 1. The molecule has 2 aromatic carbocycles. The highest BCUT2D eigenvalue weighted by Gasteiger charge is 2.38. The number of hydrogen-bond acceptors (Lipinski definition) is 5. The van der Waals surface area contributed by atoms with E-state index in [9.17, 15) is 40.7 Å². The predicted octanol–water partition coefficient (Wildman–Crippen LogP) is 8.51. The third kappa shape index (κ3) is 8.25. The molecule has 0 atom stereocenters. The zero-order valence-electron chi connectivity index (χ0n) is 22.6. The summed E-state index contributed by atoms with van der Waals surface area (Å²) in [6, 6.07) is 4.51. The van der Waals surface area contributed by atoms with E-state index in [-0.39, 0.29) is 51.1 Å². The van der Waals surface area contributed by atoms with Crippen LogP contribution in [0.25, 0.3) is 5.57 Å². The van der Waals surface area contributed by atoms with Crippen molar-refractivity contribution in [3.8, 4) is 11.5 Å². The molecule has 0 fully saturated rings. The first-order valence-electron chi connectivity index (χ1n) is 12.0. The highest BCUT2D eigenvalue weighted by molar-refractivity contribution is 6.33. The Bertz CT molecular complexity index is 1290. The molecule has 0 radical (unpaired) electrons. The molecule has 224 valence electrons. The van der Waals surface area contributed by atoms with Crippen molar-refractivity contribution >= 4 is 46.1 Å². The normalized spacial score (nSPS) is 12.1. The van der Waals surface area contributed by atoms with Gasteiger partial charge in [-0.15, -0.1) is 0 Å². The topological polar surface area (TPSA) is 69.7 Å². The number of allylic oxidation sites excluding steroid dienone is 1. The monoisotopic (exact) mass is 626 g/mol. The molecule has 0 saturated heterocycles. The fourth-order valence-electron chi connectivity index (χ4n) is 3.85. The lowest BCUT2D eigenvalue weighted by atomic mass is 9.90. The van der Waals surface area contributed by atoms with Crippen LogP contribution in [0.4, 0.5) is 26.3 Å². The van der Waals surface area contributed by atoms with Gasteiger partial charge in [-0.1, -0.05) is 29.3 Å². The average molecular weight is 627 g/mol. The van der Waals surface area contributed by atoms with E-state index in [1.807, 2.05) is 0 Å². The second kappa shape index (κ2) is 12.9. The Morgan fingerprint density at radius 3 is 1.44 bits per heavy atom. The Labute approximate surface area is 242 Å². The van der Waals surface area contributed by atoms with Crippen LogP contribution in [0.2, 0.25) is 10.0 Å². The molecule has 0 aliphatic carbocycles. The van der Waals surface area contributed by atoms with E-state index < -0.39 is 52.7 Å². The van der Waals surface area contributed by atoms with Gasteiger partial charge in [-0.25, -0.2) is 0 Å². The molecule has 0 aromatic heterocycles. The van der Waals surface area contributed by atoms with Crippen LogP contribution >= 0.6 is 23.2 Å². The summed E-state index contributed by atoms with van der Waals surface area (Å²) in [4.78, 5) is 36.8. The molecule has 2 aromatic rings. The molecule has 0 saturated carbocycles. The summed E-state index contributed by atoms with van der Waals surface area (Å²) < 4.78 is 92.8. The second-order valence-electron chi connectivity index (χ2n) is 9.33. The standard InChI is InChI=1S/C28H26Cl2F6O5/c1-26(31,32)21(37)9-7-6-8-16(14-10-17(24(38)27(2,33)34)22(40-4)19(29)12-14)15-11-18(25(39)28(3,35)36)23(41-5)20(30)13-15/h8,10-13H,6-7,9H2,1-5H3. The van der Waals surface area contributed by atoms with Crippen LogP contribution < -0.4 is 9.47 Å². The maximum Gasteiger partial charge on any atom is 0.307 e. The van der Waals surface area contributed by atoms with Gasteiger partial charge in [-0.3, -0.25) is 14.4 Å². The Kier molecular flexibility index (Phi) is 10.7. The third-order valence-corrected chi connectivity index (χ3v) is 6.41. The number of ketones is 3. The number of ether oxygens (including phenoxy) is 2. The predicted molar refractivity (Wildman–Crippen MR) is 142 cm³/mol. The number of rotatable bonds is 13. The van der Waals surface area contributed by atoms with Gasteiger partial charge in [0.25, 0.3) is 0 Å². The fraction of sp³-hybridized carbons (Fsp3) is 0.393. The maximum absolute atomic E-state index is 14.0. The molecule has 41 heavy (non-hydrogen) atoms. The van der Waals surface area contributed by atoms with E-state index in [0.29, 0.717) is 20.8 Å². The third-order valence-electron chi connectivity index (χ3n) is 5.85. The van der Waals surface area contributed by atoms with Crippen molar-refractivity contribution in [1.29, 1.82) is 0 Å². The summed E-state index contributed by atoms with van der Waals surface area (Å²) in [5.74, 6) is -16.5. The van der Waals surface area contributed by atoms with Crippen molar-refractivity contribution in [2.24, 2.45) is 0 Å². The van der Waals surface area contributed by atoms with Gasteiger partial charge in [-0.05, 0) is 53.8 Å². The van der Waals surface area contributed by atoms with Crippen molar-refractivity contribution < 1.29 is 50.2 Å². The molecule has 0 spiro atoms. The minimum absolute atomic E-state index is 0.00145. The lowest BCUT2D eigenvalue weighted by Gasteiger charge is -2.19. The average Bonchev–Trinajstić information content (AvgIpc) is 2.84. The Balaban J connectivity index is 2.82. The van der Waals surface area contributed by atoms with Crippen molar-refractivity contribution in [2.75, 3.05) is 14.2 Å². The van der Waals surface area contributed by atoms with Crippen molar-refractivity contribution in [3.05, 3.63) is 62.6 Å². The first kappa shape index (κ1) is 34.2. The zero-order chi connectivity index (χ0) is 31.5. The van der Waals surface area contributed by atoms with Crippen LogP contribution in [0.5, 0.6) is 11.5 Å². The quantitative estimate of drug-likeness (QED) is 0.127. The maximum atomic E-state index is 14.0. The van der Waals surface area contributed by atoms with E-state index in [2.05, 4.69) is 0 Å². The van der Waals surface area contributed by atoms with Gasteiger partial charge in [0.2, 0.25) is 17.3 Å². The van der Waals surface area contributed by atoms with Gasteiger partial charge in [0.1, 0.15) is 11.5 Å². The number of halogens is 8. The summed E-state index contributed by atoms with van der Waals surface area (Å²) >= 11 is 12.5. The van der Waals surface area contributed by atoms with Crippen molar-refractivity contribution in [1.82, 2.24) is 0 Å². The summed E-state index contributed by atoms with van der Waals surface area (Å²) in [5, 5.41) is -0.527. The smallest absolute Gasteiger partial charge is 0.307 e. The van der Waals surface area contributed by atoms with Crippen LogP contribution in [-0.2, 0) is 4.79 Å². The molecule has 0 bridgehead atoms. The van der Waals surface area contributed by atoms with Crippen molar-refractivity contribution in [3.63, 3.8) is 0 Å². The molecule has 0 amide bonds. The number of carbonyl (C=O) groups is 3. The second-order valence-corrected chi connectivity index (χ2v) is 10.1. The largest absolute Gasteiger partial charge is 0.494 e. The number of methoxy groups -OCH3 is 2. The van der Waals surface area contributed by atoms with Crippen LogP contribution in [0.15, 0.2) is 30.3 Å². The Morgan fingerprint density at radius 2 is 1.12 bits per heavy atom. The van der Waals surface area contributed by atoms with Gasteiger partial charge in [0, 0.05) is 27.2 Å². The molecule has 0 aliphatic heterocycles. The molecule has 0 heterocycles. The zero-order valence-corrected chi connectivity index (χ0v) is 24.1. The molecular weight excluding hydrogens is 601 g/mol. The molecule has 0 N–H and O–H groups in total. The fourth-order valence-corrected chi connectivity index (χ4v) is 4.45. The molecule has 0 unspecified atom stereocenters. The van der Waals surface area contributed by atoms with Crippen LogP contribution in [0.1, 0.15) is 71.9 Å². The molecule has 5 nitrogen and oxygen atoms in total. The highest BCUT2D eigenvalue weighted by Crippen LogP contribution is 2.41.